The van der Waals surface area contributed by atoms with E-state index in [0.717, 1.165) is 18.0 Å². The third-order valence-corrected chi connectivity index (χ3v) is 3.49. The van der Waals surface area contributed by atoms with Crippen LogP contribution in [0.5, 0.6) is 0 Å². The first-order valence-corrected chi connectivity index (χ1v) is 7.44. The first kappa shape index (κ1) is 15.5. The summed E-state index contributed by atoms with van der Waals surface area (Å²) in [5, 5.41) is 6.76. The van der Waals surface area contributed by atoms with Gasteiger partial charge >= 0.3 is 0 Å². The number of aromatic nitrogens is 2. The predicted molar refractivity (Wildman–Crippen MR) is 78.7 cm³/mol. The normalized spacial score (nSPS) is 10.6. The molecule has 0 saturated heterocycles. The lowest BCUT2D eigenvalue weighted by Crippen LogP contribution is -2.25. The van der Waals surface area contributed by atoms with Gasteiger partial charge in [0, 0.05) is 25.3 Å². The molecule has 2 rings (SSSR count). The van der Waals surface area contributed by atoms with Crippen molar-refractivity contribution in [3.63, 3.8) is 0 Å². The van der Waals surface area contributed by atoms with E-state index >= 15 is 0 Å². The Balaban J connectivity index is 1.99. The Hall–Kier alpha value is -1.86. The highest BCUT2D eigenvalue weighted by molar-refractivity contribution is 7.08. The molecule has 1 amide bonds. The van der Waals surface area contributed by atoms with Gasteiger partial charge in [-0.3, -0.25) is 4.79 Å². The molecule has 0 unspecified atom stereocenters. The van der Waals surface area contributed by atoms with Crippen molar-refractivity contribution in [1.82, 2.24) is 14.9 Å². The van der Waals surface area contributed by atoms with Crippen LogP contribution in [-0.2, 0) is 4.74 Å². The molecule has 0 saturated carbocycles. The van der Waals surface area contributed by atoms with Crippen LogP contribution in [0.2, 0.25) is 0 Å². The highest BCUT2D eigenvalue weighted by Crippen LogP contribution is 2.23. The predicted octanol–water partition coefficient (Wildman–Crippen LogP) is 2.50. The van der Waals surface area contributed by atoms with Gasteiger partial charge in [-0.2, -0.15) is 0 Å². The first-order valence-electron chi connectivity index (χ1n) is 6.66. The van der Waals surface area contributed by atoms with Crippen LogP contribution in [0.1, 0.15) is 23.0 Å². The topological polar surface area (TPSA) is 64.1 Å². The van der Waals surface area contributed by atoms with Crippen molar-refractivity contribution < 1.29 is 13.9 Å². The van der Waals surface area contributed by atoms with E-state index in [1.165, 1.54) is 12.1 Å². The van der Waals surface area contributed by atoms with Gasteiger partial charge in [-0.05, 0) is 49.1 Å². The second-order valence-electron chi connectivity index (χ2n) is 4.26. The number of rotatable bonds is 7. The third-order valence-electron chi connectivity index (χ3n) is 2.77. The lowest BCUT2D eigenvalue weighted by molar-refractivity contribution is 0.0948. The minimum absolute atomic E-state index is 0.221. The van der Waals surface area contributed by atoms with Crippen LogP contribution in [0.4, 0.5) is 4.39 Å². The summed E-state index contributed by atoms with van der Waals surface area (Å²) in [6.07, 6.45) is 0.748. The standard InChI is InChI=1S/C14H16FN3O2S/c1-2-20-9-3-8-16-14(19)13-12(17-18-21-13)10-4-6-11(15)7-5-10/h4-7H,2-3,8-9H2,1H3,(H,16,19). The quantitative estimate of drug-likeness (QED) is 0.798. The summed E-state index contributed by atoms with van der Waals surface area (Å²) in [5.41, 5.74) is 1.15. The maximum absolute atomic E-state index is 12.9. The average Bonchev–Trinajstić information content (AvgIpc) is 2.97. The summed E-state index contributed by atoms with van der Waals surface area (Å²) in [4.78, 5) is 12.5. The molecular formula is C14H16FN3O2S. The zero-order chi connectivity index (χ0) is 15.1. The lowest BCUT2D eigenvalue weighted by atomic mass is 10.1. The second kappa shape index (κ2) is 7.80. The number of ether oxygens (including phenoxy) is 1. The number of hydrogen-bond donors (Lipinski definition) is 1. The fourth-order valence-corrected chi connectivity index (χ4v) is 2.34. The Bertz CT molecular complexity index is 586. The van der Waals surface area contributed by atoms with Crippen LogP contribution in [0.25, 0.3) is 11.3 Å². The smallest absolute Gasteiger partial charge is 0.265 e. The highest BCUT2D eigenvalue weighted by Gasteiger charge is 2.17. The molecule has 1 N–H and O–H groups in total. The van der Waals surface area contributed by atoms with Crippen molar-refractivity contribution in [2.45, 2.75) is 13.3 Å². The largest absolute Gasteiger partial charge is 0.382 e. The van der Waals surface area contributed by atoms with E-state index in [4.69, 9.17) is 4.74 Å². The van der Waals surface area contributed by atoms with Gasteiger partial charge in [-0.25, -0.2) is 4.39 Å². The van der Waals surface area contributed by atoms with E-state index in [1.54, 1.807) is 12.1 Å². The summed E-state index contributed by atoms with van der Waals surface area (Å²) >= 11 is 1.03. The molecule has 0 radical (unpaired) electrons. The van der Waals surface area contributed by atoms with Crippen LogP contribution < -0.4 is 5.32 Å². The maximum atomic E-state index is 12.9. The van der Waals surface area contributed by atoms with Crippen LogP contribution in [0, 0.1) is 5.82 Å². The molecule has 0 spiro atoms. The fourth-order valence-electron chi connectivity index (χ4n) is 1.74. The van der Waals surface area contributed by atoms with E-state index in [0.29, 0.717) is 35.9 Å². The number of nitrogens with one attached hydrogen (secondary N) is 1. The van der Waals surface area contributed by atoms with Crippen molar-refractivity contribution >= 4 is 17.4 Å². The SMILES string of the molecule is CCOCCCNC(=O)c1snnc1-c1ccc(F)cc1. The molecule has 0 aliphatic rings. The average molecular weight is 309 g/mol. The van der Waals surface area contributed by atoms with Crippen molar-refractivity contribution in [3.05, 3.63) is 35.0 Å². The number of amides is 1. The molecule has 0 aliphatic carbocycles. The van der Waals surface area contributed by atoms with Gasteiger partial charge < -0.3 is 10.1 Å². The van der Waals surface area contributed by atoms with Gasteiger partial charge in [0.1, 0.15) is 16.4 Å². The monoisotopic (exact) mass is 309 g/mol. The number of halogens is 1. The molecule has 0 fully saturated rings. The lowest BCUT2D eigenvalue weighted by Gasteiger charge is -2.05. The number of benzene rings is 1. The van der Waals surface area contributed by atoms with E-state index in [2.05, 4.69) is 14.9 Å². The maximum Gasteiger partial charge on any atom is 0.265 e. The molecular weight excluding hydrogens is 293 g/mol. The fraction of sp³-hybridized carbons (Fsp3) is 0.357. The molecule has 1 aromatic carbocycles. The molecule has 21 heavy (non-hydrogen) atoms. The summed E-state index contributed by atoms with van der Waals surface area (Å²) < 4.78 is 21.9. The Kier molecular flexibility index (Phi) is 5.77. The van der Waals surface area contributed by atoms with E-state index in [1.807, 2.05) is 6.92 Å². The Morgan fingerprint density at radius 3 is 2.86 bits per heavy atom. The second-order valence-corrected chi connectivity index (χ2v) is 5.02. The molecule has 0 atom stereocenters. The number of nitrogens with zero attached hydrogens (tertiary/aromatic N) is 2. The van der Waals surface area contributed by atoms with Crippen molar-refractivity contribution in [2.24, 2.45) is 0 Å². The number of carbonyl (C=O) groups excluding carboxylic acids is 1. The Morgan fingerprint density at radius 2 is 2.14 bits per heavy atom. The summed E-state index contributed by atoms with van der Waals surface area (Å²) in [5.74, 6) is -0.551. The molecule has 5 nitrogen and oxygen atoms in total. The molecule has 1 heterocycles. The Morgan fingerprint density at radius 1 is 1.38 bits per heavy atom. The molecule has 112 valence electrons. The molecule has 0 aliphatic heterocycles. The molecule has 1 aromatic heterocycles. The van der Waals surface area contributed by atoms with Crippen LogP contribution in [0.15, 0.2) is 24.3 Å². The van der Waals surface area contributed by atoms with Crippen LogP contribution >= 0.6 is 11.5 Å². The summed E-state index contributed by atoms with van der Waals surface area (Å²) in [6, 6.07) is 5.83. The van der Waals surface area contributed by atoms with E-state index in [9.17, 15) is 9.18 Å². The van der Waals surface area contributed by atoms with Crippen molar-refractivity contribution in [2.75, 3.05) is 19.8 Å². The van der Waals surface area contributed by atoms with E-state index in [-0.39, 0.29) is 11.7 Å². The van der Waals surface area contributed by atoms with Gasteiger partial charge in [0.05, 0.1) is 0 Å². The van der Waals surface area contributed by atoms with Gasteiger partial charge in [-0.15, -0.1) is 5.10 Å². The van der Waals surface area contributed by atoms with Gasteiger partial charge in [0.25, 0.3) is 5.91 Å². The minimum atomic E-state index is -0.330. The van der Waals surface area contributed by atoms with Crippen LogP contribution in [-0.4, -0.2) is 35.3 Å². The molecule has 2 aromatic rings. The Labute approximate surface area is 126 Å². The summed E-state index contributed by atoms with van der Waals surface area (Å²) in [7, 11) is 0. The zero-order valence-corrected chi connectivity index (χ0v) is 12.5. The molecule has 0 bridgehead atoms. The summed E-state index contributed by atoms with van der Waals surface area (Å²) in [6.45, 7) is 3.74. The van der Waals surface area contributed by atoms with Gasteiger partial charge in [0.15, 0.2) is 0 Å². The highest BCUT2D eigenvalue weighted by atomic mass is 32.1. The number of carbonyl (C=O) groups is 1. The minimum Gasteiger partial charge on any atom is -0.382 e. The van der Waals surface area contributed by atoms with Crippen LogP contribution in [0.3, 0.4) is 0 Å². The van der Waals surface area contributed by atoms with Crippen molar-refractivity contribution in [1.29, 1.82) is 0 Å². The number of hydrogen-bond acceptors (Lipinski definition) is 5. The van der Waals surface area contributed by atoms with Gasteiger partial charge in [0.2, 0.25) is 0 Å². The zero-order valence-electron chi connectivity index (χ0n) is 11.6. The van der Waals surface area contributed by atoms with Crippen molar-refractivity contribution in [3.8, 4) is 11.3 Å². The third kappa shape index (κ3) is 4.30. The van der Waals surface area contributed by atoms with E-state index < -0.39 is 0 Å². The first-order chi connectivity index (χ1) is 10.2. The molecule has 7 heteroatoms. The van der Waals surface area contributed by atoms with Gasteiger partial charge in [-0.1, -0.05) is 4.49 Å².